The van der Waals surface area contributed by atoms with Crippen molar-refractivity contribution in [3.63, 3.8) is 0 Å². The molecule has 0 aliphatic carbocycles. The maximum absolute atomic E-state index is 13.7. The number of hydrogen-bond acceptors (Lipinski definition) is 3. The van der Waals surface area contributed by atoms with Crippen LogP contribution in [0.4, 0.5) is 4.39 Å². The number of fused-ring (bicyclic) bond motifs is 3. The molecule has 1 aromatic heterocycles. The highest BCUT2D eigenvalue weighted by atomic mass is 19.1. The molecule has 0 bridgehead atoms. The summed E-state index contributed by atoms with van der Waals surface area (Å²) >= 11 is 0. The van der Waals surface area contributed by atoms with Gasteiger partial charge in [0.05, 0.1) is 12.5 Å². The third-order valence-electron chi connectivity index (χ3n) is 4.31. The zero-order valence-corrected chi connectivity index (χ0v) is 13.9. The molecule has 23 heavy (non-hydrogen) atoms. The number of rotatable bonds is 4. The number of ether oxygens (including phenoxy) is 1. The van der Waals surface area contributed by atoms with Crippen LogP contribution in [0.5, 0.6) is 0 Å². The molecule has 0 saturated carbocycles. The quantitative estimate of drug-likeness (QED) is 0.813. The molecule has 1 aliphatic heterocycles. The second kappa shape index (κ2) is 6.32. The molecule has 0 atom stereocenters. The third-order valence-corrected chi connectivity index (χ3v) is 4.31. The molecule has 3 rings (SSSR count). The number of likely N-dealkylation sites (N-methyl/N-ethyl adjacent to an activating group) is 1. The first kappa shape index (κ1) is 16.0. The van der Waals surface area contributed by atoms with Crippen LogP contribution in [0.1, 0.15) is 31.5 Å². The highest BCUT2D eigenvalue weighted by Gasteiger charge is 2.23. The number of esters is 1. The molecule has 2 aromatic rings. The van der Waals surface area contributed by atoms with E-state index in [0.29, 0.717) is 13.0 Å². The van der Waals surface area contributed by atoms with Gasteiger partial charge in [-0.25, -0.2) is 4.39 Å². The van der Waals surface area contributed by atoms with E-state index in [-0.39, 0.29) is 17.9 Å². The molecule has 0 saturated heterocycles. The lowest BCUT2D eigenvalue weighted by Crippen LogP contribution is -2.27. The highest BCUT2D eigenvalue weighted by molar-refractivity contribution is 5.86. The average molecular weight is 318 g/mol. The Labute approximate surface area is 135 Å². The Balaban J connectivity index is 1.95. The molecule has 5 heteroatoms. The van der Waals surface area contributed by atoms with E-state index in [0.717, 1.165) is 30.4 Å². The predicted molar refractivity (Wildman–Crippen MR) is 87.8 cm³/mol. The van der Waals surface area contributed by atoms with Crippen molar-refractivity contribution in [2.24, 2.45) is 0 Å². The zero-order chi connectivity index (χ0) is 16.6. The van der Waals surface area contributed by atoms with Gasteiger partial charge in [0.25, 0.3) is 0 Å². The Bertz CT molecular complexity index is 736. The monoisotopic (exact) mass is 318 g/mol. The minimum Gasteiger partial charge on any atom is -0.463 e. The van der Waals surface area contributed by atoms with Gasteiger partial charge >= 0.3 is 5.97 Å². The number of nitrogens with zero attached hydrogens (tertiary/aromatic N) is 2. The number of aromatic nitrogens is 1. The maximum atomic E-state index is 13.7. The van der Waals surface area contributed by atoms with E-state index >= 15 is 0 Å². The first-order chi connectivity index (χ1) is 11.0. The van der Waals surface area contributed by atoms with Gasteiger partial charge in [0.15, 0.2) is 0 Å². The molecule has 1 aliphatic rings. The summed E-state index contributed by atoms with van der Waals surface area (Å²) in [6.45, 7) is 6.07. The first-order valence-electron chi connectivity index (χ1n) is 8.13. The first-order valence-corrected chi connectivity index (χ1v) is 8.13. The summed E-state index contributed by atoms with van der Waals surface area (Å²) in [6, 6.07) is 4.91. The molecule has 0 radical (unpaired) electrons. The SMILES string of the molecule is CC(C)OC(=O)CCn1c2c(c3cc(F)ccc31)CN(C)CC2. The van der Waals surface area contributed by atoms with Gasteiger partial charge in [0, 0.05) is 42.7 Å². The van der Waals surface area contributed by atoms with Crippen LogP contribution >= 0.6 is 0 Å². The molecule has 1 aromatic carbocycles. The smallest absolute Gasteiger partial charge is 0.307 e. The van der Waals surface area contributed by atoms with Crippen LogP contribution in [-0.2, 0) is 29.0 Å². The van der Waals surface area contributed by atoms with Crippen molar-refractivity contribution in [1.29, 1.82) is 0 Å². The van der Waals surface area contributed by atoms with Gasteiger partial charge in [-0.3, -0.25) is 4.79 Å². The van der Waals surface area contributed by atoms with Crippen molar-refractivity contribution in [1.82, 2.24) is 9.47 Å². The minimum atomic E-state index is -0.218. The van der Waals surface area contributed by atoms with Crippen LogP contribution in [0.3, 0.4) is 0 Å². The Morgan fingerprint density at radius 1 is 1.39 bits per heavy atom. The Hall–Kier alpha value is -1.88. The Morgan fingerprint density at radius 3 is 2.91 bits per heavy atom. The molecule has 2 heterocycles. The van der Waals surface area contributed by atoms with Crippen LogP contribution in [0.2, 0.25) is 0 Å². The van der Waals surface area contributed by atoms with Crippen molar-refractivity contribution in [3.8, 4) is 0 Å². The molecule has 0 N–H and O–H groups in total. The third kappa shape index (κ3) is 3.24. The minimum absolute atomic E-state index is 0.0967. The van der Waals surface area contributed by atoms with Crippen molar-refractivity contribution in [2.45, 2.75) is 45.9 Å². The lowest BCUT2D eigenvalue weighted by atomic mass is 10.0. The van der Waals surface area contributed by atoms with Crippen molar-refractivity contribution < 1.29 is 13.9 Å². The summed E-state index contributed by atoms with van der Waals surface area (Å²) < 4.78 is 21.1. The number of benzene rings is 1. The van der Waals surface area contributed by atoms with Crippen molar-refractivity contribution in [2.75, 3.05) is 13.6 Å². The number of halogens is 1. The Morgan fingerprint density at radius 2 is 2.17 bits per heavy atom. The van der Waals surface area contributed by atoms with E-state index in [1.54, 1.807) is 6.07 Å². The van der Waals surface area contributed by atoms with Crippen molar-refractivity contribution in [3.05, 3.63) is 35.3 Å². The lowest BCUT2D eigenvalue weighted by Gasteiger charge is -2.24. The summed E-state index contributed by atoms with van der Waals surface area (Å²) in [5.41, 5.74) is 3.41. The largest absolute Gasteiger partial charge is 0.463 e. The number of carbonyl (C=O) groups is 1. The summed E-state index contributed by atoms with van der Waals surface area (Å²) in [6.07, 6.45) is 1.16. The van der Waals surface area contributed by atoms with E-state index in [4.69, 9.17) is 4.74 Å². The van der Waals surface area contributed by atoms with Gasteiger partial charge in [-0.1, -0.05) is 0 Å². The summed E-state index contributed by atoms with van der Waals surface area (Å²) in [7, 11) is 2.07. The molecule has 0 fully saturated rings. The lowest BCUT2D eigenvalue weighted by molar-refractivity contribution is -0.147. The molecular weight excluding hydrogens is 295 g/mol. The number of hydrogen-bond donors (Lipinski definition) is 0. The van der Waals surface area contributed by atoms with Crippen LogP contribution < -0.4 is 0 Å². The van der Waals surface area contributed by atoms with Crippen LogP contribution in [0, 0.1) is 5.82 Å². The van der Waals surface area contributed by atoms with Gasteiger partial charge < -0.3 is 14.2 Å². The van der Waals surface area contributed by atoms with Gasteiger partial charge in [-0.2, -0.15) is 0 Å². The zero-order valence-electron chi connectivity index (χ0n) is 13.9. The normalized spacial score (nSPS) is 15.2. The molecule has 0 unspecified atom stereocenters. The average Bonchev–Trinajstić information content (AvgIpc) is 2.77. The molecular formula is C18H23FN2O2. The van der Waals surface area contributed by atoms with Crippen molar-refractivity contribution >= 4 is 16.9 Å². The molecule has 4 nitrogen and oxygen atoms in total. The standard InChI is InChI=1S/C18H23FN2O2/c1-12(2)23-18(22)7-9-21-16-5-4-13(19)10-14(16)15-11-20(3)8-6-17(15)21/h4-5,10,12H,6-9,11H2,1-3H3. The summed E-state index contributed by atoms with van der Waals surface area (Å²) in [5.74, 6) is -0.407. The fraction of sp³-hybridized carbons (Fsp3) is 0.500. The summed E-state index contributed by atoms with van der Waals surface area (Å²) in [5, 5.41) is 0.962. The Kier molecular flexibility index (Phi) is 4.39. The number of carbonyl (C=O) groups excluding carboxylic acids is 1. The van der Waals surface area contributed by atoms with Gasteiger partial charge in [-0.15, -0.1) is 0 Å². The number of aryl methyl sites for hydroxylation is 1. The van der Waals surface area contributed by atoms with Crippen LogP contribution in [-0.4, -0.2) is 35.1 Å². The van der Waals surface area contributed by atoms with E-state index in [1.807, 2.05) is 19.9 Å². The highest BCUT2D eigenvalue weighted by Crippen LogP contribution is 2.31. The second-order valence-electron chi connectivity index (χ2n) is 6.51. The van der Waals surface area contributed by atoms with Gasteiger partial charge in [0.1, 0.15) is 5.82 Å². The maximum Gasteiger partial charge on any atom is 0.307 e. The fourth-order valence-electron chi connectivity index (χ4n) is 3.34. The molecule has 0 amide bonds. The van der Waals surface area contributed by atoms with E-state index < -0.39 is 0 Å². The molecule has 124 valence electrons. The van der Waals surface area contributed by atoms with E-state index in [1.165, 1.54) is 17.3 Å². The van der Waals surface area contributed by atoms with Gasteiger partial charge in [-0.05, 0) is 44.7 Å². The van der Waals surface area contributed by atoms with Gasteiger partial charge in [0.2, 0.25) is 0 Å². The van der Waals surface area contributed by atoms with E-state index in [9.17, 15) is 9.18 Å². The fourth-order valence-corrected chi connectivity index (χ4v) is 3.34. The van der Waals surface area contributed by atoms with Crippen LogP contribution in [0.15, 0.2) is 18.2 Å². The van der Waals surface area contributed by atoms with E-state index in [2.05, 4.69) is 16.5 Å². The second-order valence-corrected chi connectivity index (χ2v) is 6.51. The topological polar surface area (TPSA) is 34.5 Å². The van der Waals surface area contributed by atoms with Crippen LogP contribution in [0.25, 0.3) is 10.9 Å². The summed E-state index contributed by atoms with van der Waals surface area (Å²) in [4.78, 5) is 14.1. The molecule has 0 spiro atoms. The predicted octanol–water partition coefficient (Wildman–Crippen LogP) is 3.11.